The Morgan fingerprint density at radius 1 is 1.11 bits per heavy atom. The van der Waals surface area contributed by atoms with Crippen molar-refractivity contribution in [2.24, 2.45) is 11.7 Å². The Balaban J connectivity index is 1.40. The average molecular weight is 525 g/mol. The first-order valence-corrected chi connectivity index (χ1v) is 13.3. The topological polar surface area (TPSA) is 142 Å². The van der Waals surface area contributed by atoms with Gasteiger partial charge in [0.15, 0.2) is 0 Å². The lowest BCUT2D eigenvalue weighted by molar-refractivity contribution is -0.141. The van der Waals surface area contributed by atoms with E-state index in [1.165, 1.54) is 7.11 Å². The highest BCUT2D eigenvalue weighted by molar-refractivity contribution is 5.86. The monoisotopic (exact) mass is 524 g/mol. The lowest BCUT2D eigenvalue weighted by Crippen LogP contribution is -2.53. The number of cyclic esters (lactones) is 1. The van der Waals surface area contributed by atoms with Gasteiger partial charge in [-0.25, -0.2) is 9.59 Å². The molecular weight excluding hydrogens is 480 g/mol. The van der Waals surface area contributed by atoms with Gasteiger partial charge in [0.1, 0.15) is 17.5 Å². The summed E-state index contributed by atoms with van der Waals surface area (Å²) in [5.41, 5.74) is 5.22. The van der Waals surface area contributed by atoms with Crippen LogP contribution in [-0.2, 0) is 19.0 Å². The molecule has 3 aliphatic rings. The van der Waals surface area contributed by atoms with E-state index in [1.807, 2.05) is 20.8 Å². The Kier molecular flexibility index (Phi) is 10.00. The molecular formula is C25H44N6O6. The van der Waals surface area contributed by atoms with Gasteiger partial charge in [-0.2, -0.15) is 0 Å². The van der Waals surface area contributed by atoms with Gasteiger partial charge in [-0.1, -0.05) is 0 Å². The summed E-state index contributed by atoms with van der Waals surface area (Å²) in [5, 5.41) is 7.99. The summed E-state index contributed by atoms with van der Waals surface area (Å²) in [6.07, 6.45) is 1.65. The number of piperidine rings is 1. The first-order chi connectivity index (χ1) is 17.4. The van der Waals surface area contributed by atoms with Crippen molar-refractivity contribution in [1.29, 1.82) is 5.41 Å². The van der Waals surface area contributed by atoms with E-state index in [-0.39, 0.29) is 29.9 Å². The minimum atomic E-state index is -0.611. The van der Waals surface area contributed by atoms with E-state index in [9.17, 15) is 14.4 Å². The van der Waals surface area contributed by atoms with E-state index in [4.69, 9.17) is 25.4 Å². The molecule has 3 fully saturated rings. The van der Waals surface area contributed by atoms with Crippen molar-refractivity contribution < 1.29 is 28.6 Å². The second-order valence-corrected chi connectivity index (χ2v) is 11.2. The van der Waals surface area contributed by atoms with E-state index in [0.717, 1.165) is 39.0 Å². The van der Waals surface area contributed by atoms with Crippen molar-refractivity contribution in [2.75, 3.05) is 66.0 Å². The maximum absolute atomic E-state index is 12.6. The first kappa shape index (κ1) is 29.0. The van der Waals surface area contributed by atoms with Gasteiger partial charge in [-0.3, -0.25) is 20.0 Å². The molecule has 0 aliphatic carbocycles. The third-order valence-electron chi connectivity index (χ3n) is 7.24. The van der Waals surface area contributed by atoms with Crippen molar-refractivity contribution in [2.45, 2.75) is 64.2 Å². The molecule has 210 valence electrons. The molecule has 3 aliphatic heterocycles. The zero-order valence-electron chi connectivity index (χ0n) is 22.7. The van der Waals surface area contributed by atoms with Gasteiger partial charge in [0.25, 0.3) is 0 Å². The standard InChI is InChI=1S/C25H44N6O6/c1-25(2,3)37-24(34)31-10-6-18(15-20(31)22(26)27)5-9-30-17-19(36-23(30)33)16-29-13-11-28(12-14-29)8-7-21(32)35-4/h18-20H,5-17H2,1-4H3,(H3,26,27). The molecule has 3 rings (SSSR count). The van der Waals surface area contributed by atoms with Crippen molar-refractivity contribution in [3.63, 3.8) is 0 Å². The van der Waals surface area contributed by atoms with Crippen LogP contribution in [0.1, 0.15) is 46.5 Å². The number of nitrogens with two attached hydrogens (primary N) is 1. The fraction of sp³-hybridized carbons (Fsp3) is 0.840. The van der Waals surface area contributed by atoms with Crippen LogP contribution in [0.4, 0.5) is 9.59 Å². The Morgan fingerprint density at radius 2 is 1.78 bits per heavy atom. The summed E-state index contributed by atoms with van der Waals surface area (Å²) >= 11 is 0. The fourth-order valence-electron chi connectivity index (χ4n) is 5.16. The molecule has 0 aromatic heterocycles. The molecule has 3 N–H and O–H groups in total. The number of nitrogens with zero attached hydrogens (tertiary/aromatic N) is 4. The largest absolute Gasteiger partial charge is 0.469 e. The molecule has 0 aromatic carbocycles. The van der Waals surface area contributed by atoms with Crippen LogP contribution in [0.3, 0.4) is 0 Å². The first-order valence-electron chi connectivity index (χ1n) is 13.3. The summed E-state index contributed by atoms with van der Waals surface area (Å²) in [4.78, 5) is 44.3. The average Bonchev–Trinajstić information content (AvgIpc) is 3.19. The predicted molar refractivity (Wildman–Crippen MR) is 137 cm³/mol. The third kappa shape index (κ3) is 8.74. The molecule has 3 saturated heterocycles. The smallest absolute Gasteiger partial charge is 0.410 e. The predicted octanol–water partition coefficient (Wildman–Crippen LogP) is 1.33. The van der Waals surface area contributed by atoms with E-state index in [0.29, 0.717) is 45.6 Å². The van der Waals surface area contributed by atoms with E-state index >= 15 is 0 Å². The van der Waals surface area contributed by atoms with Crippen LogP contribution in [-0.4, -0.2) is 127 Å². The molecule has 12 nitrogen and oxygen atoms in total. The Bertz CT molecular complexity index is 825. The Labute approximate surface area is 219 Å². The summed E-state index contributed by atoms with van der Waals surface area (Å²) in [7, 11) is 1.41. The van der Waals surface area contributed by atoms with Crippen LogP contribution in [0.2, 0.25) is 0 Å². The summed E-state index contributed by atoms with van der Waals surface area (Å²) in [5.74, 6) is 0.0184. The molecule has 3 heterocycles. The molecule has 3 unspecified atom stereocenters. The molecule has 0 aromatic rings. The molecule has 0 radical (unpaired) electrons. The number of amides is 2. The van der Waals surface area contributed by atoms with Crippen LogP contribution in [0.25, 0.3) is 0 Å². The zero-order chi connectivity index (χ0) is 27.2. The normalized spacial score (nSPS) is 25.6. The van der Waals surface area contributed by atoms with E-state index < -0.39 is 17.7 Å². The number of methoxy groups -OCH3 is 1. The molecule has 2 amide bonds. The Morgan fingerprint density at radius 3 is 2.41 bits per heavy atom. The molecule has 37 heavy (non-hydrogen) atoms. The number of likely N-dealkylation sites (tertiary alicyclic amines) is 1. The number of hydrogen-bond acceptors (Lipinski definition) is 9. The second-order valence-electron chi connectivity index (χ2n) is 11.2. The summed E-state index contributed by atoms with van der Waals surface area (Å²) < 4.78 is 15.8. The van der Waals surface area contributed by atoms with E-state index in [2.05, 4.69) is 9.80 Å². The van der Waals surface area contributed by atoms with Crippen molar-refractivity contribution in [3.8, 4) is 0 Å². The minimum absolute atomic E-state index is 0.0402. The Hall–Kier alpha value is -2.60. The maximum Gasteiger partial charge on any atom is 0.410 e. The highest BCUT2D eigenvalue weighted by Gasteiger charge is 2.37. The van der Waals surface area contributed by atoms with Gasteiger partial charge in [0, 0.05) is 52.4 Å². The number of carbonyl (C=O) groups excluding carboxylic acids is 3. The SMILES string of the molecule is COC(=O)CCN1CCN(CC2CN(CCC3CCN(C(=O)OC(C)(C)C)C(C(=N)N)C3)C(=O)O2)CC1. The number of amidine groups is 1. The maximum atomic E-state index is 12.6. The molecule has 0 saturated carbocycles. The number of esters is 1. The van der Waals surface area contributed by atoms with Gasteiger partial charge in [0.05, 0.1) is 26.1 Å². The third-order valence-corrected chi connectivity index (χ3v) is 7.24. The number of rotatable bonds is 9. The van der Waals surface area contributed by atoms with Crippen molar-refractivity contribution in [1.82, 2.24) is 19.6 Å². The lowest BCUT2D eigenvalue weighted by Gasteiger charge is -2.39. The van der Waals surface area contributed by atoms with Gasteiger partial charge >= 0.3 is 18.2 Å². The van der Waals surface area contributed by atoms with E-state index in [1.54, 1.807) is 9.80 Å². The van der Waals surface area contributed by atoms with Gasteiger partial charge in [-0.15, -0.1) is 0 Å². The number of piperazine rings is 1. The van der Waals surface area contributed by atoms with Crippen molar-refractivity contribution in [3.05, 3.63) is 0 Å². The number of carbonyl (C=O) groups is 3. The second kappa shape index (κ2) is 12.8. The fourth-order valence-corrected chi connectivity index (χ4v) is 5.16. The number of nitrogens with one attached hydrogen (secondary N) is 1. The summed E-state index contributed by atoms with van der Waals surface area (Å²) in [6, 6.07) is -0.488. The molecule has 3 atom stereocenters. The zero-order valence-corrected chi connectivity index (χ0v) is 22.7. The lowest BCUT2D eigenvalue weighted by atomic mass is 9.88. The van der Waals surface area contributed by atoms with Gasteiger partial charge < -0.3 is 29.7 Å². The highest BCUT2D eigenvalue weighted by atomic mass is 16.6. The molecule has 0 bridgehead atoms. The number of ether oxygens (including phenoxy) is 3. The van der Waals surface area contributed by atoms with Crippen LogP contribution < -0.4 is 5.73 Å². The molecule has 0 spiro atoms. The van der Waals surface area contributed by atoms with Crippen LogP contribution in [0.15, 0.2) is 0 Å². The molecule has 12 heteroatoms. The summed E-state index contributed by atoms with van der Waals surface area (Å²) in [6.45, 7) is 12.0. The number of hydrogen-bond donors (Lipinski definition) is 2. The van der Waals surface area contributed by atoms with Crippen molar-refractivity contribution >= 4 is 24.0 Å². The van der Waals surface area contributed by atoms with Crippen LogP contribution in [0.5, 0.6) is 0 Å². The van der Waals surface area contributed by atoms with Gasteiger partial charge in [0.2, 0.25) is 0 Å². The minimum Gasteiger partial charge on any atom is -0.469 e. The van der Waals surface area contributed by atoms with Crippen LogP contribution >= 0.6 is 0 Å². The highest BCUT2D eigenvalue weighted by Crippen LogP contribution is 2.28. The van der Waals surface area contributed by atoms with Gasteiger partial charge in [-0.05, 0) is 46.0 Å². The van der Waals surface area contributed by atoms with Crippen LogP contribution in [0, 0.1) is 11.3 Å². The quantitative estimate of drug-likeness (QED) is 0.198.